The van der Waals surface area contributed by atoms with Crippen LogP contribution in [0.5, 0.6) is 0 Å². The maximum absolute atomic E-state index is 12.5. The summed E-state index contributed by atoms with van der Waals surface area (Å²) in [5.74, 6) is 0.245. The van der Waals surface area contributed by atoms with Gasteiger partial charge in [-0.1, -0.05) is 41.5 Å². The lowest BCUT2D eigenvalue weighted by atomic mass is 9.89. The highest BCUT2D eigenvalue weighted by Gasteiger charge is 2.42. The molecule has 0 aromatic carbocycles. The van der Waals surface area contributed by atoms with Crippen LogP contribution in [0.3, 0.4) is 0 Å². The number of nitrogens with zero attached hydrogens (tertiary/aromatic N) is 1. The summed E-state index contributed by atoms with van der Waals surface area (Å²) in [4.78, 5) is 14.1. The monoisotopic (exact) mass is 403 g/mol. The van der Waals surface area contributed by atoms with E-state index in [1.807, 2.05) is 0 Å². The van der Waals surface area contributed by atoms with Crippen molar-refractivity contribution in [1.82, 2.24) is 4.90 Å². The van der Waals surface area contributed by atoms with E-state index in [0.29, 0.717) is 19.5 Å². The van der Waals surface area contributed by atoms with Crippen LogP contribution in [0.2, 0.25) is 18.1 Å². The summed E-state index contributed by atoms with van der Waals surface area (Å²) in [6.45, 7) is 18.2. The van der Waals surface area contributed by atoms with Crippen molar-refractivity contribution in [2.24, 2.45) is 11.3 Å². The molecule has 1 fully saturated rings. The highest BCUT2D eigenvalue weighted by atomic mass is 28.4. The summed E-state index contributed by atoms with van der Waals surface area (Å²) in [7, 11) is -2.13. The summed E-state index contributed by atoms with van der Waals surface area (Å²) in [6.07, 6.45) is -0.232. The van der Waals surface area contributed by atoms with Gasteiger partial charge in [0, 0.05) is 19.7 Å². The van der Waals surface area contributed by atoms with Crippen LogP contribution in [-0.2, 0) is 9.16 Å². The first-order valence-corrected chi connectivity index (χ1v) is 13.0. The standard InChI is InChI=1S/C20H41NO5Si/c1-19(2,3)13-16(26-27(7,8)20(4,5)6)17(23)25-18(24)21-11-9-15(14-22)10-12-21/h15-17,22-23H,9-14H2,1-8H3/t16-,17?/m0/s1. The number of carbonyl (C=O) groups excluding carboxylic acids is 1. The van der Waals surface area contributed by atoms with E-state index in [1.54, 1.807) is 4.90 Å². The highest BCUT2D eigenvalue weighted by molar-refractivity contribution is 6.74. The third-order valence-electron chi connectivity index (χ3n) is 5.74. The van der Waals surface area contributed by atoms with Gasteiger partial charge in [-0.15, -0.1) is 0 Å². The lowest BCUT2D eigenvalue weighted by Crippen LogP contribution is -2.50. The predicted molar refractivity (Wildman–Crippen MR) is 110 cm³/mol. The number of aliphatic hydroxyl groups is 2. The Balaban J connectivity index is 2.78. The molecule has 7 heteroatoms. The summed E-state index contributed by atoms with van der Waals surface area (Å²) < 4.78 is 11.8. The fraction of sp³-hybridized carbons (Fsp3) is 0.950. The van der Waals surface area contributed by atoms with Gasteiger partial charge >= 0.3 is 6.09 Å². The Labute approximate surface area is 166 Å². The molecular weight excluding hydrogens is 362 g/mol. The number of hydrogen-bond donors (Lipinski definition) is 2. The van der Waals surface area contributed by atoms with Crippen molar-refractivity contribution in [3.05, 3.63) is 0 Å². The zero-order valence-corrected chi connectivity index (χ0v) is 19.5. The average Bonchev–Trinajstić information content (AvgIpc) is 2.51. The summed E-state index contributed by atoms with van der Waals surface area (Å²) in [5.41, 5.74) is -0.0696. The summed E-state index contributed by atoms with van der Waals surface area (Å²) in [6, 6.07) is 0. The van der Waals surface area contributed by atoms with E-state index in [2.05, 4.69) is 54.6 Å². The molecule has 1 aliphatic heterocycles. The lowest BCUT2D eigenvalue weighted by Gasteiger charge is -2.42. The Morgan fingerprint density at radius 3 is 2.07 bits per heavy atom. The Bertz CT molecular complexity index is 476. The molecule has 0 saturated carbocycles. The Morgan fingerprint density at radius 2 is 1.67 bits per heavy atom. The molecule has 1 unspecified atom stereocenters. The largest absolute Gasteiger partial charge is 0.417 e. The van der Waals surface area contributed by atoms with Gasteiger partial charge in [0.2, 0.25) is 6.29 Å². The van der Waals surface area contributed by atoms with Crippen molar-refractivity contribution < 1.29 is 24.2 Å². The molecule has 27 heavy (non-hydrogen) atoms. The molecule has 0 bridgehead atoms. The summed E-state index contributed by atoms with van der Waals surface area (Å²) >= 11 is 0. The van der Waals surface area contributed by atoms with Crippen molar-refractivity contribution >= 4 is 14.4 Å². The van der Waals surface area contributed by atoms with Crippen LogP contribution in [-0.4, -0.2) is 61.6 Å². The summed E-state index contributed by atoms with van der Waals surface area (Å²) in [5, 5.41) is 19.9. The number of ether oxygens (including phenoxy) is 1. The molecule has 0 aliphatic carbocycles. The van der Waals surface area contributed by atoms with Crippen molar-refractivity contribution in [2.75, 3.05) is 19.7 Å². The first-order valence-electron chi connectivity index (χ1n) is 10.1. The van der Waals surface area contributed by atoms with Gasteiger partial charge in [0.15, 0.2) is 8.32 Å². The maximum Gasteiger partial charge on any atom is 0.412 e. The minimum Gasteiger partial charge on any atom is -0.417 e. The molecule has 1 amide bonds. The van der Waals surface area contributed by atoms with Crippen LogP contribution in [0.4, 0.5) is 4.79 Å². The molecule has 2 atom stereocenters. The molecule has 0 aromatic heterocycles. The van der Waals surface area contributed by atoms with Crippen molar-refractivity contribution in [2.45, 2.75) is 91.3 Å². The second-order valence-corrected chi connectivity index (χ2v) is 15.3. The molecule has 0 aromatic rings. The molecule has 1 saturated heterocycles. The van der Waals surface area contributed by atoms with Crippen LogP contribution >= 0.6 is 0 Å². The molecule has 1 heterocycles. The van der Waals surface area contributed by atoms with E-state index >= 15 is 0 Å². The number of rotatable bonds is 6. The van der Waals surface area contributed by atoms with E-state index in [-0.39, 0.29) is 23.0 Å². The Hall–Kier alpha value is -0.633. The number of carbonyl (C=O) groups is 1. The van der Waals surface area contributed by atoms with E-state index in [9.17, 15) is 15.0 Å². The van der Waals surface area contributed by atoms with Gasteiger partial charge in [0.1, 0.15) is 6.10 Å². The molecular formula is C20H41NO5Si. The Kier molecular flexibility index (Phi) is 8.35. The van der Waals surface area contributed by atoms with Gasteiger partial charge in [-0.25, -0.2) is 4.79 Å². The van der Waals surface area contributed by atoms with Gasteiger partial charge in [0.25, 0.3) is 0 Å². The zero-order chi connectivity index (χ0) is 21.0. The molecule has 0 spiro atoms. The minimum atomic E-state index is -2.13. The maximum atomic E-state index is 12.5. The molecule has 160 valence electrons. The van der Waals surface area contributed by atoms with E-state index in [1.165, 1.54) is 0 Å². The second kappa shape index (κ2) is 9.24. The SMILES string of the molecule is CC(C)(C)C[C@H](O[Si](C)(C)C(C)(C)C)C(O)OC(=O)N1CCC(CO)CC1. The number of aliphatic hydroxyl groups excluding tert-OH is 2. The fourth-order valence-electron chi connectivity index (χ4n) is 2.91. The third kappa shape index (κ3) is 7.72. The lowest BCUT2D eigenvalue weighted by molar-refractivity contribution is -0.136. The second-order valence-electron chi connectivity index (χ2n) is 10.6. The molecule has 1 aliphatic rings. The first-order chi connectivity index (χ1) is 12.2. The van der Waals surface area contributed by atoms with E-state index in [4.69, 9.17) is 9.16 Å². The zero-order valence-electron chi connectivity index (χ0n) is 18.5. The molecule has 6 nitrogen and oxygen atoms in total. The van der Waals surface area contributed by atoms with Crippen LogP contribution in [0.1, 0.15) is 60.8 Å². The average molecular weight is 404 g/mol. The van der Waals surface area contributed by atoms with Crippen molar-refractivity contribution in [3.63, 3.8) is 0 Å². The predicted octanol–water partition coefficient (Wildman–Crippen LogP) is 3.97. The number of amides is 1. The molecule has 0 radical (unpaired) electrons. The smallest absolute Gasteiger partial charge is 0.412 e. The van der Waals surface area contributed by atoms with Crippen molar-refractivity contribution in [3.8, 4) is 0 Å². The fourth-order valence-corrected chi connectivity index (χ4v) is 4.22. The van der Waals surface area contributed by atoms with Crippen LogP contribution < -0.4 is 0 Å². The van der Waals surface area contributed by atoms with Gasteiger partial charge in [0.05, 0.1) is 0 Å². The highest BCUT2D eigenvalue weighted by Crippen LogP contribution is 2.39. The van der Waals surface area contributed by atoms with E-state index in [0.717, 1.165) is 12.8 Å². The minimum absolute atomic E-state index is 0.000952. The van der Waals surface area contributed by atoms with E-state index < -0.39 is 26.8 Å². The first kappa shape index (κ1) is 24.4. The van der Waals surface area contributed by atoms with Gasteiger partial charge < -0.3 is 24.3 Å². The normalized spacial score (nSPS) is 19.7. The Morgan fingerprint density at radius 1 is 1.15 bits per heavy atom. The van der Waals surface area contributed by atoms with Gasteiger partial charge in [-0.3, -0.25) is 0 Å². The van der Waals surface area contributed by atoms with Crippen LogP contribution in [0, 0.1) is 11.3 Å². The number of hydrogen-bond acceptors (Lipinski definition) is 5. The topological polar surface area (TPSA) is 79.2 Å². The number of piperidine rings is 1. The number of likely N-dealkylation sites (tertiary alicyclic amines) is 1. The van der Waals surface area contributed by atoms with Crippen LogP contribution in [0.25, 0.3) is 0 Å². The van der Waals surface area contributed by atoms with Crippen LogP contribution in [0.15, 0.2) is 0 Å². The molecule has 1 rings (SSSR count). The van der Waals surface area contributed by atoms with Gasteiger partial charge in [-0.2, -0.15) is 0 Å². The molecule has 2 N–H and O–H groups in total. The third-order valence-corrected chi connectivity index (χ3v) is 10.2. The van der Waals surface area contributed by atoms with Gasteiger partial charge in [-0.05, 0) is 48.7 Å². The quantitative estimate of drug-likeness (QED) is 0.518. The van der Waals surface area contributed by atoms with Crippen molar-refractivity contribution in [1.29, 1.82) is 0 Å².